The van der Waals surface area contributed by atoms with Crippen molar-refractivity contribution in [3.63, 3.8) is 0 Å². The van der Waals surface area contributed by atoms with Crippen molar-refractivity contribution >= 4 is 27.3 Å². The van der Waals surface area contributed by atoms with Crippen molar-refractivity contribution in [3.05, 3.63) is 119 Å². The normalized spacial score (nSPS) is 15.9. The van der Waals surface area contributed by atoms with Gasteiger partial charge < -0.3 is 0 Å². The van der Waals surface area contributed by atoms with E-state index in [9.17, 15) is 0 Å². The molecule has 2 aromatic carbocycles. The Kier molecular flexibility index (Phi) is 7.23. The molecule has 4 rings (SSSR count). The Labute approximate surface area is 180 Å². The van der Waals surface area contributed by atoms with Gasteiger partial charge >= 0.3 is 0 Å². The van der Waals surface area contributed by atoms with E-state index in [-0.39, 0.29) is 0 Å². The second-order valence-corrected chi connectivity index (χ2v) is 8.15. The Morgan fingerprint density at radius 1 is 0.600 bits per heavy atom. The lowest BCUT2D eigenvalue weighted by atomic mass is 9.99. The summed E-state index contributed by atoms with van der Waals surface area (Å²) in [4.78, 5) is 2.52. The first-order valence-electron chi connectivity index (χ1n) is 8.86. The van der Waals surface area contributed by atoms with Gasteiger partial charge in [-0.15, -0.1) is 10.2 Å². The van der Waals surface area contributed by atoms with E-state index in [1.165, 1.54) is 32.1 Å². The maximum Gasteiger partial charge on any atom is 0.196 e. The van der Waals surface area contributed by atoms with Crippen LogP contribution >= 0.6 is 11.8 Å². The molecular formula is C23H18ClNO4S. The number of rotatable bonds is 2. The predicted octanol–water partition coefficient (Wildman–Crippen LogP) is -0.318. The summed E-state index contributed by atoms with van der Waals surface area (Å²) >= 11 is 1.82. The lowest BCUT2D eigenvalue weighted by Gasteiger charge is -2.18. The van der Waals surface area contributed by atoms with Gasteiger partial charge in [0.2, 0.25) is 0 Å². The van der Waals surface area contributed by atoms with Gasteiger partial charge in [0.15, 0.2) is 5.71 Å². The highest BCUT2D eigenvalue weighted by molar-refractivity contribution is 8.16. The molecule has 1 heterocycles. The molecule has 0 saturated carbocycles. The van der Waals surface area contributed by atoms with Gasteiger partial charge in [-0.05, 0) is 46.6 Å². The molecular weight excluding hydrogens is 422 g/mol. The zero-order chi connectivity index (χ0) is 21.6. The lowest BCUT2D eigenvalue weighted by molar-refractivity contribution is -2.00. The minimum absolute atomic E-state index is 0.786. The molecule has 2 aromatic rings. The number of thioether (sulfide) groups is 1. The molecule has 152 valence electrons. The molecule has 5 nitrogen and oxygen atoms in total. The summed E-state index contributed by atoms with van der Waals surface area (Å²) in [5.41, 5.74) is 5.64. The second-order valence-electron chi connectivity index (χ2n) is 6.31. The van der Waals surface area contributed by atoms with E-state index in [2.05, 4.69) is 85.0 Å². The van der Waals surface area contributed by atoms with Crippen molar-refractivity contribution in [3.8, 4) is 0 Å². The second kappa shape index (κ2) is 9.86. The molecule has 1 aliphatic carbocycles. The van der Waals surface area contributed by atoms with Gasteiger partial charge in [0.25, 0.3) is 0 Å². The summed E-state index contributed by atoms with van der Waals surface area (Å²) in [7, 11) is -4.94. The third-order valence-corrected chi connectivity index (χ3v) is 5.30. The Hall–Kier alpha value is -2.71. The van der Waals surface area contributed by atoms with E-state index in [4.69, 9.17) is 24.0 Å². The first-order chi connectivity index (χ1) is 14.3. The standard InChI is InChI=1S/C23H17NS.ClHO4/c24-21-13-11-17(12-14-21)20-15-22(18-7-3-1-4-8-18)25-23(16-20)19-9-5-2-6-10-19;2-1(3,4)5/h1-16,24H;(H,2,3,4,5). The molecule has 0 fully saturated rings. The molecule has 7 heteroatoms. The first-order valence-corrected chi connectivity index (χ1v) is 10.9. The quantitative estimate of drug-likeness (QED) is 0.688. The molecule has 2 aliphatic rings. The van der Waals surface area contributed by atoms with Gasteiger partial charge in [-0.3, -0.25) is 5.41 Å². The van der Waals surface area contributed by atoms with Crippen molar-refractivity contribution in [2.45, 2.75) is 0 Å². The Morgan fingerprint density at radius 3 is 1.40 bits per heavy atom. The highest BCUT2D eigenvalue weighted by Crippen LogP contribution is 2.44. The SMILES string of the molecule is [NH2+]=C1C=CC(=C2C=C(c3ccccc3)SC(c3ccccc3)=C2)C=C1.[O-][Cl+3]([O-])([O-])[O-]. The van der Waals surface area contributed by atoms with Gasteiger partial charge in [0, 0.05) is 22.0 Å². The van der Waals surface area contributed by atoms with Crippen LogP contribution in [-0.2, 0) is 0 Å². The Balaban J connectivity index is 0.000000461. The van der Waals surface area contributed by atoms with Crippen molar-refractivity contribution < 1.29 is 34.3 Å². The van der Waals surface area contributed by atoms with Gasteiger partial charge in [-0.2, -0.15) is 0 Å². The van der Waals surface area contributed by atoms with E-state index in [0.717, 1.165) is 5.71 Å². The van der Waals surface area contributed by atoms with E-state index >= 15 is 0 Å². The van der Waals surface area contributed by atoms with Crippen LogP contribution in [0, 0.1) is 10.2 Å². The van der Waals surface area contributed by atoms with Gasteiger partial charge in [-0.25, -0.2) is 18.6 Å². The summed E-state index contributed by atoms with van der Waals surface area (Å²) in [6.45, 7) is 0. The van der Waals surface area contributed by atoms with E-state index in [1.807, 2.05) is 23.9 Å². The number of halogens is 1. The molecule has 0 amide bonds. The molecule has 2 N–H and O–H groups in total. The van der Waals surface area contributed by atoms with E-state index < -0.39 is 10.2 Å². The number of hydrogen-bond acceptors (Lipinski definition) is 5. The van der Waals surface area contributed by atoms with Crippen molar-refractivity contribution in [1.82, 2.24) is 0 Å². The minimum atomic E-state index is -4.94. The number of benzene rings is 2. The number of hydrogen-bond donors (Lipinski definition) is 1. The zero-order valence-electron chi connectivity index (χ0n) is 15.7. The summed E-state index contributed by atoms with van der Waals surface area (Å²) in [5.74, 6) is 0. The van der Waals surface area contributed by atoms with Gasteiger partial charge in [-0.1, -0.05) is 72.4 Å². The van der Waals surface area contributed by atoms with Crippen molar-refractivity contribution in [2.24, 2.45) is 0 Å². The van der Waals surface area contributed by atoms with Crippen LogP contribution in [0.1, 0.15) is 11.1 Å². The maximum absolute atomic E-state index is 8.49. The van der Waals surface area contributed by atoms with E-state index in [0.29, 0.717) is 0 Å². The lowest BCUT2D eigenvalue weighted by Crippen LogP contribution is -2.68. The van der Waals surface area contributed by atoms with Crippen LogP contribution in [-0.4, -0.2) is 5.71 Å². The molecule has 1 aliphatic heterocycles. The van der Waals surface area contributed by atoms with Crippen LogP contribution in [0.25, 0.3) is 9.81 Å². The molecule has 0 spiro atoms. The summed E-state index contributed by atoms with van der Waals surface area (Å²) in [5, 5.41) is 5.85. The third-order valence-electron chi connectivity index (χ3n) is 4.15. The van der Waals surface area contributed by atoms with Crippen molar-refractivity contribution in [2.75, 3.05) is 0 Å². The number of nitrogens with two attached hydrogens (primary N) is 1. The highest BCUT2D eigenvalue weighted by atomic mass is 35.7. The molecule has 30 heavy (non-hydrogen) atoms. The fourth-order valence-electron chi connectivity index (χ4n) is 2.83. The zero-order valence-corrected chi connectivity index (χ0v) is 17.3. The minimum Gasteiger partial charge on any atom is -0.254 e. The average Bonchev–Trinajstić information content (AvgIpc) is 2.74. The Bertz CT molecular complexity index is 984. The fourth-order valence-corrected chi connectivity index (χ4v) is 3.95. The maximum atomic E-state index is 8.49. The predicted molar refractivity (Wildman–Crippen MR) is 109 cm³/mol. The molecule has 0 bridgehead atoms. The van der Waals surface area contributed by atoms with Crippen LogP contribution in [0.3, 0.4) is 0 Å². The summed E-state index contributed by atoms with van der Waals surface area (Å²) in [6, 6.07) is 21.1. The van der Waals surface area contributed by atoms with Crippen LogP contribution in [0.5, 0.6) is 0 Å². The largest absolute Gasteiger partial charge is 0.254 e. The fraction of sp³-hybridized carbons (Fsp3) is 0. The Morgan fingerprint density at radius 2 is 1.00 bits per heavy atom. The van der Waals surface area contributed by atoms with Crippen LogP contribution < -0.4 is 24.0 Å². The smallest absolute Gasteiger partial charge is 0.196 e. The molecule has 0 aromatic heterocycles. The van der Waals surface area contributed by atoms with Crippen LogP contribution in [0.4, 0.5) is 0 Å². The van der Waals surface area contributed by atoms with Gasteiger partial charge in [0.05, 0.1) is 0 Å². The third kappa shape index (κ3) is 6.67. The first kappa shape index (κ1) is 22.0. The van der Waals surface area contributed by atoms with Gasteiger partial charge in [0.1, 0.15) is 0 Å². The summed E-state index contributed by atoms with van der Waals surface area (Å²) in [6.07, 6.45) is 12.6. The number of allylic oxidation sites excluding steroid dienone is 8. The van der Waals surface area contributed by atoms with Crippen LogP contribution in [0.15, 0.2) is 108 Å². The topological polar surface area (TPSA) is 118 Å². The summed E-state index contributed by atoms with van der Waals surface area (Å²) < 4.78 is 34.0. The average molecular weight is 440 g/mol. The van der Waals surface area contributed by atoms with Crippen molar-refractivity contribution in [1.29, 1.82) is 0 Å². The van der Waals surface area contributed by atoms with Crippen LogP contribution in [0.2, 0.25) is 0 Å². The molecule has 0 saturated heterocycles. The highest BCUT2D eigenvalue weighted by Gasteiger charge is 2.16. The van der Waals surface area contributed by atoms with E-state index in [1.54, 1.807) is 0 Å². The molecule has 0 atom stereocenters. The molecule has 0 radical (unpaired) electrons. The molecule has 0 unspecified atom stereocenters. The monoisotopic (exact) mass is 439 g/mol.